The third kappa shape index (κ3) is 8.85. The van der Waals surface area contributed by atoms with E-state index < -0.39 is 53.9 Å². The van der Waals surface area contributed by atoms with Crippen LogP contribution in [0.3, 0.4) is 0 Å². The maximum atomic E-state index is 13.6. The molecule has 0 aliphatic rings. The number of hydrogen-bond donors (Lipinski definition) is 3. The first-order valence-corrected chi connectivity index (χ1v) is 12.6. The third-order valence-corrected chi connectivity index (χ3v) is 6.30. The molecular formula is C29H30F5N3O3. The van der Waals surface area contributed by atoms with E-state index in [-0.39, 0.29) is 30.6 Å². The molecule has 4 N–H and O–H groups in total. The second kappa shape index (κ2) is 13.5. The molecule has 40 heavy (non-hydrogen) atoms. The Labute approximate surface area is 228 Å². The van der Waals surface area contributed by atoms with Crippen LogP contribution in [-0.2, 0) is 30.4 Å². The summed E-state index contributed by atoms with van der Waals surface area (Å²) in [5, 5.41) is 13.2. The zero-order valence-electron chi connectivity index (χ0n) is 21.7. The van der Waals surface area contributed by atoms with Gasteiger partial charge in [-0.1, -0.05) is 31.2 Å². The number of amides is 2. The average Bonchev–Trinajstić information content (AvgIpc) is 2.90. The fourth-order valence-electron chi connectivity index (χ4n) is 4.10. The van der Waals surface area contributed by atoms with Crippen molar-refractivity contribution in [2.24, 2.45) is 5.73 Å². The highest BCUT2D eigenvalue weighted by molar-refractivity contribution is 5.96. The van der Waals surface area contributed by atoms with Crippen molar-refractivity contribution in [3.63, 3.8) is 0 Å². The van der Waals surface area contributed by atoms with Crippen molar-refractivity contribution in [3.8, 4) is 0 Å². The predicted molar refractivity (Wildman–Crippen MR) is 139 cm³/mol. The molecule has 0 fully saturated rings. The number of alkyl halides is 3. The van der Waals surface area contributed by atoms with E-state index in [0.717, 1.165) is 60.0 Å². The fraction of sp³-hybridized carbons (Fsp3) is 0.310. The Kier molecular flexibility index (Phi) is 10.4. The molecule has 0 aliphatic carbocycles. The number of halogens is 5. The summed E-state index contributed by atoms with van der Waals surface area (Å²) >= 11 is 0. The number of hydrogen-bond acceptors (Lipinski definition) is 4. The molecule has 2 atom stereocenters. The Morgan fingerprint density at radius 3 is 2.17 bits per heavy atom. The predicted octanol–water partition coefficient (Wildman–Crippen LogP) is 4.24. The molecule has 3 aromatic carbocycles. The Morgan fingerprint density at radius 1 is 0.950 bits per heavy atom. The Balaban J connectivity index is 1.71. The minimum atomic E-state index is -4.55. The van der Waals surface area contributed by atoms with Crippen molar-refractivity contribution in [2.75, 3.05) is 13.1 Å². The lowest BCUT2D eigenvalue weighted by molar-refractivity contribution is -0.137. The molecule has 0 bridgehead atoms. The van der Waals surface area contributed by atoms with Gasteiger partial charge in [-0.05, 0) is 65.9 Å². The molecule has 3 aromatic rings. The number of nitrogens with two attached hydrogens (primary N) is 1. The summed E-state index contributed by atoms with van der Waals surface area (Å²) in [6.45, 7) is 1.30. The van der Waals surface area contributed by atoms with Crippen LogP contribution in [0.25, 0.3) is 0 Å². The summed E-state index contributed by atoms with van der Waals surface area (Å²) in [4.78, 5) is 26.9. The first-order valence-electron chi connectivity index (χ1n) is 12.6. The highest BCUT2D eigenvalue weighted by Crippen LogP contribution is 2.29. The zero-order valence-corrected chi connectivity index (χ0v) is 21.7. The number of nitrogens with one attached hydrogen (secondary N) is 1. The van der Waals surface area contributed by atoms with Crippen molar-refractivity contribution >= 4 is 11.8 Å². The summed E-state index contributed by atoms with van der Waals surface area (Å²) in [6.07, 6.45) is -5.14. The average molecular weight is 564 g/mol. The lowest BCUT2D eigenvalue weighted by atomic mass is 10.0. The summed E-state index contributed by atoms with van der Waals surface area (Å²) in [7, 11) is 0. The summed E-state index contributed by atoms with van der Waals surface area (Å²) in [5.74, 6) is -2.90. The number of nitrogens with zero attached hydrogens (tertiary/aromatic N) is 1. The number of aliphatic hydroxyl groups is 1. The van der Waals surface area contributed by atoms with E-state index in [1.54, 1.807) is 6.07 Å². The summed E-state index contributed by atoms with van der Waals surface area (Å²) < 4.78 is 65.5. The highest BCUT2D eigenvalue weighted by atomic mass is 19.4. The molecule has 0 aliphatic heterocycles. The van der Waals surface area contributed by atoms with Gasteiger partial charge in [0.05, 0.1) is 18.2 Å². The van der Waals surface area contributed by atoms with E-state index >= 15 is 0 Å². The van der Waals surface area contributed by atoms with Gasteiger partial charge in [0, 0.05) is 30.8 Å². The quantitative estimate of drug-likeness (QED) is 0.304. The molecule has 1 unspecified atom stereocenters. The van der Waals surface area contributed by atoms with Gasteiger partial charge in [-0.25, -0.2) is 8.78 Å². The van der Waals surface area contributed by atoms with Gasteiger partial charge < -0.3 is 21.1 Å². The Bertz CT molecular complexity index is 1290. The van der Waals surface area contributed by atoms with Gasteiger partial charge in [-0.15, -0.1) is 0 Å². The molecule has 0 heterocycles. The number of rotatable bonds is 11. The smallest absolute Gasteiger partial charge is 0.390 e. The summed E-state index contributed by atoms with van der Waals surface area (Å²) in [6, 6.07) is 12.9. The molecule has 0 spiro atoms. The minimum absolute atomic E-state index is 0.0617. The first-order chi connectivity index (χ1) is 18.8. The van der Waals surface area contributed by atoms with E-state index in [9.17, 15) is 36.6 Å². The molecule has 6 nitrogen and oxygen atoms in total. The highest BCUT2D eigenvalue weighted by Gasteiger charge is 2.30. The molecule has 2 amide bonds. The van der Waals surface area contributed by atoms with Gasteiger partial charge in [0.1, 0.15) is 11.6 Å². The molecule has 0 radical (unpaired) electrons. The second-order valence-electron chi connectivity index (χ2n) is 9.42. The van der Waals surface area contributed by atoms with Crippen LogP contribution >= 0.6 is 0 Å². The van der Waals surface area contributed by atoms with Gasteiger partial charge in [0.15, 0.2) is 0 Å². The van der Waals surface area contributed by atoms with Crippen LogP contribution in [-0.4, -0.2) is 47.1 Å². The van der Waals surface area contributed by atoms with Crippen molar-refractivity contribution in [3.05, 3.63) is 106 Å². The number of benzene rings is 3. The van der Waals surface area contributed by atoms with E-state index in [1.165, 1.54) is 4.90 Å². The molecular weight excluding hydrogens is 533 g/mol. The monoisotopic (exact) mass is 563 g/mol. The number of carbonyl (C=O) groups excluding carboxylic acids is 2. The minimum Gasteiger partial charge on any atom is -0.390 e. The van der Waals surface area contributed by atoms with Crippen LogP contribution < -0.4 is 11.1 Å². The standard InChI is InChI=1S/C29H30F5N3O3/c1-2-18-4-3-5-19(10-18)16-37(17-26(38)25(35)13-20-11-23(30)14-24(31)12-20)27(39)15-36-28(40)21-6-8-22(9-7-21)29(32,33)34/h3-12,14,25-26,38H,2,13,15-17,35H2,1H3,(H,36,40)/t25-,26?/m0/s1. The van der Waals surface area contributed by atoms with E-state index in [2.05, 4.69) is 5.32 Å². The number of aliphatic hydroxyl groups excluding tert-OH is 1. The van der Waals surface area contributed by atoms with Crippen molar-refractivity contribution < 1.29 is 36.6 Å². The molecule has 11 heteroatoms. The molecule has 0 saturated heterocycles. The zero-order chi connectivity index (χ0) is 29.4. The maximum Gasteiger partial charge on any atom is 0.416 e. The van der Waals surface area contributed by atoms with Crippen LogP contribution in [0, 0.1) is 11.6 Å². The number of carbonyl (C=O) groups is 2. The van der Waals surface area contributed by atoms with Gasteiger partial charge >= 0.3 is 6.18 Å². The van der Waals surface area contributed by atoms with Crippen molar-refractivity contribution in [2.45, 2.75) is 44.6 Å². The van der Waals surface area contributed by atoms with E-state index in [1.807, 2.05) is 25.1 Å². The van der Waals surface area contributed by atoms with Gasteiger partial charge in [0.25, 0.3) is 5.91 Å². The molecule has 214 valence electrons. The van der Waals surface area contributed by atoms with Gasteiger partial charge in [0.2, 0.25) is 5.91 Å². The lowest BCUT2D eigenvalue weighted by Crippen LogP contribution is -2.48. The van der Waals surface area contributed by atoms with Crippen LogP contribution in [0.2, 0.25) is 0 Å². The second-order valence-corrected chi connectivity index (χ2v) is 9.42. The van der Waals surface area contributed by atoms with Gasteiger partial charge in [-0.3, -0.25) is 9.59 Å². The van der Waals surface area contributed by atoms with E-state index in [0.29, 0.717) is 0 Å². The Morgan fingerprint density at radius 2 is 1.57 bits per heavy atom. The lowest BCUT2D eigenvalue weighted by Gasteiger charge is -2.28. The van der Waals surface area contributed by atoms with Crippen molar-refractivity contribution in [1.82, 2.24) is 10.2 Å². The third-order valence-electron chi connectivity index (χ3n) is 6.30. The number of aryl methyl sites for hydroxylation is 1. The normalized spacial score (nSPS) is 13.0. The summed E-state index contributed by atoms with van der Waals surface area (Å²) in [5.41, 5.74) is 7.14. The SMILES string of the molecule is CCc1cccc(CN(CC(O)[C@@H](N)Cc2cc(F)cc(F)c2)C(=O)CNC(=O)c2ccc(C(F)(F)F)cc2)c1. The largest absolute Gasteiger partial charge is 0.416 e. The van der Waals surface area contributed by atoms with Crippen LogP contribution in [0.1, 0.15) is 39.5 Å². The topological polar surface area (TPSA) is 95.7 Å². The maximum absolute atomic E-state index is 13.6. The molecule has 0 saturated carbocycles. The van der Waals surface area contributed by atoms with Gasteiger partial charge in [-0.2, -0.15) is 13.2 Å². The molecule has 3 rings (SSSR count). The van der Waals surface area contributed by atoms with Crippen LogP contribution in [0.15, 0.2) is 66.7 Å². The molecule has 0 aromatic heterocycles. The van der Waals surface area contributed by atoms with Crippen LogP contribution in [0.4, 0.5) is 22.0 Å². The van der Waals surface area contributed by atoms with E-state index in [4.69, 9.17) is 5.73 Å². The van der Waals surface area contributed by atoms with Crippen molar-refractivity contribution in [1.29, 1.82) is 0 Å². The fourth-order valence-corrected chi connectivity index (χ4v) is 4.10. The Hall–Kier alpha value is -3.83. The van der Waals surface area contributed by atoms with Crippen LogP contribution in [0.5, 0.6) is 0 Å². The first kappa shape index (κ1) is 30.7.